The molecule has 1 aromatic heterocycles. The first-order valence-electron chi connectivity index (χ1n) is 4.68. The Kier molecular flexibility index (Phi) is 2.87. The number of hydrogen-bond donors (Lipinski definition) is 2. The first-order chi connectivity index (χ1) is 7.65. The highest BCUT2D eigenvalue weighted by atomic mass is 32.1. The molecule has 2 N–H and O–H groups in total. The molecule has 2 rings (SSSR count). The number of aromatic carboxylic acids is 1. The Bertz CT molecular complexity index is 505. The topological polar surface area (TPSA) is 62.2 Å². The average Bonchev–Trinajstić information content (AvgIpc) is 2.70. The summed E-state index contributed by atoms with van der Waals surface area (Å²) < 4.78 is 0. The van der Waals surface area contributed by atoms with E-state index in [-0.39, 0.29) is 4.88 Å². The van der Waals surface area contributed by atoms with Gasteiger partial charge in [0.05, 0.1) is 6.20 Å². The van der Waals surface area contributed by atoms with Gasteiger partial charge in [0.15, 0.2) is 5.13 Å². The Labute approximate surface area is 96.6 Å². The maximum atomic E-state index is 10.7. The van der Waals surface area contributed by atoms with Crippen LogP contribution in [0.4, 0.5) is 10.8 Å². The Hall–Kier alpha value is -1.88. The zero-order valence-electron chi connectivity index (χ0n) is 8.60. The van der Waals surface area contributed by atoms with Gasteiger partial charge in [0.2, 0.25) is 0 Å². The van der Waals surface area contributed by atoms with Crippen molar-refractivity contribution in [2.45, 2.75) is 6.92 Å². The lowest BCUT2D eigenvalue weighted by Gasteiger charge is -2.01. The molecule has 0 saturated heterocycles. The van der Waals surface area contributed by atoms with E-state index < -0.39 is 5.97 Å². The molecule has 0 fully saturated rings. The van der Waals surface area contributed by atoms with E-state index in [2.05, 4.69) is 10.3 Å². The molecular formula is C11H10N2O2S. The molecule has 0 bridgehead atoms. The number of carbonyl (C=O) groups is 1. The van der Waals surface area contributed by atoms with Gasteiger partial charge >= 0.3 is 5.97 Å². The fraction of sp³-hybridized carbons (Fsp3) is 0.0909. The van der Waals surface area contributed by atoms with E-state index in [9.17, 15) is 4.79 Å². The van der Waals surface area contributed by atoms with Crippen molar-refractivity contribution in [3.05, 3.63) is 40.9 Å². The lowest BCUT2D eigenvalue weighted by molar-refractivity contribution is 0.0702. The van der Waals surface area contributed by atoms with Crippen LogP contribution in [0.5, 0.6) is 0 Å². The van der Waals surface area contributed by atoms with E-state index in [0.29, 0.717) is 5.13 Å². The van der Waals surface area contributed by atoms with Crippen molar-refractivity contribution in [3.63, 3.8) is 0 Å². The zero-order chi connectivity index (χ0) is 11.5. The van der Waals surface area contributed by atoms with Gasteiger partial charge in [-0.1, -0.05) is 29.0 Å². The summed E-state index contributed by atoms with van der Waals surface area (Å²) in [4.78, 5) is 14.9. The van der Waals surface area contributed by atoms with Crippen LogP contribution in [0.1, 0.15) is 15.2 Å². The summed E-state index contributed by atoms with van der Waals surface area (Å²) in [5, 5.41) is 12.4. The lowest BCUT2D eigenvalue weighted by atomic mass is 10.2. The van der Waals surface area contributed by atoms with Crippen LogP contribution in [0, 0.1) is 6.92 Å². The molecule has 1 aromatic carbocycles. The second-order valence-electron chi connectivity index (χ2n) is 3.33. The number of anilines is 2. The summed E-state index contributed by atoms with van der Waals surface area (Å²) in [6, 6.07) is 7.82. The molecule has 4 nitrogen and oxygen atoms in total. The van der Waals surface area contributed by atoms with Crippen molar-refractivity contribution < 1.29 is 9.90 Å². The van der Waals surface area contributed by atoms with Gasteiger partial charge in [-0.05, 0) is 19.1 Å². The van der Waals surface area contributed by atoms with Crippen LogP contribution in [0.3, 0.4) is 0 Å². The molecule has 82 valence electrons. The quantitative estimate of drug-likeness (QED) is 0.857. The monoisotopic (exact) mass is 234 g/mol. The van der Waals surface area contributed by atoms with Gasteiger partial charge in [-0.15, -0.1) is 0 Å². The molecule has 16 heavy (non-hydrogen) atoms. The Balaban J connectivity index is 2.14. The Morgan fingerprint density at radius 2 is 2.06 bits per heavy atom. The van der Waals surface area contributed by atoms with Crippen LogP contribution in [0.15, 0.2) is 30.5 Å². The Morgan fingerprint density at radius 3 is 2.62 bits per heavy atom. The van der Waals surface area contributed by atoms with Crippen LogP contribution in [0.25, 0.3) is 0 Å². The van der Waals surface area contributed by atoms with Crippen LogP contribution in [-0.2, 0) is 0 Å². The largest absolute Gasteiger partial charge is 0.477 e. The van der Waals surface area contributed by atoms with Crippen molar-refractivity contribution in [1.82, 2.24) is 4.98 Å². The average molecular weight is 234 g/mol. The molecule has 0 unspecified atom stereocenters. The van der Waals surface area contributed by atoms with E-state index in [4.69, 9.17) is 5.11 Å². The number of carboxylic acid groups (broad SMARTS) is 1. The smallest absolute Gasteiger partial charge is 0.347 e. The molecule has 0 amide bonds. The third-order valence-electron chi connectivity index (χ3n) is 2.02. The second-order valence-corrected chi connectivity index (χ2v) is 4.36. The van der Waals surface area contributed by atoms with E-state index in [1.54, 1.807) is 0 Å². The minimum Gasteiger partial charge on any atom is -0.477 e. The first-order valence-corrected chi connectivity index (χ1v) is 5.49. The van der Waals surface area contributed by atoms with E-state index >= 15 is 0 Å². The van der Waals surface area contributed by atoms with Gasteiger partial charge in [-0.25, -0.2) is 9.78 Å². The molecule has 0 aliphatic heterocycles. The maximum Gasteiger partial charge on any atom is 0.347 e. The zero-order valence-corrected chi connectivity index (χ0v) is 9.41. The summed E-state index contributed by atoms with van der Waals surface area (Å²) in [6.07, 6.45) is 1.35. The molecule has 5 heteroatoms. The summed E-state index contributed by atoms with van der Waals surface area (Å²) >= 11 is 1.12. The number of hydrogen-bond acceptors (Lipinski definition) is 4. The normalized spacial score (nSPS) is 10.1. The number of benzene rings is 1. The second kappa shape index (κ2) is 4.32. The van der Waals surface area contributed by atoms with Crippen molar-refractivity contribution >= 4 is 28.1 Å². The van der Waals surface area contributed by atoms with Gasteiger partial charge < -0.3 is 10.4 Å². The number of rotatable bonds is 3. The summed E-state index contributed by atoms with van der Waals surface area (Å²) in [7, 11) is 0. The number of aromatic nitrogens is 1. The summed E-state index contributed by atoms with van der Waals surface area (Å²) in [5.41, 5.74) is 2.08. The third-order valence-corrected chi connectivity index (χ3v) is 2.92. The van der Waals surface area contributed by atoms with E-state index in [1.165, 1.54) is 11.8 Å². The van der Waals surface area contributed by atoms with Crippen molar-refractivity contribution in [2.24, 2.45) is 0 Å². The van der Waals surface area contributed by atoms with Gasteiger partial charge in [0, 0.05) is 5.69 Å². The number of aryl methyl sites for hydroxylation is 1. The van der Waals surface area contributed by atoms with Crippen LogP contribution in [0.2, 0.25) is 0 Å². The van der Waals surface area contributed by atoms with Crippen molar-refractivity contribution in [3.8, 4) is 0 Å². The highest BCUT2D eigenvalue weighted by Gasteiger charge is 2.08. The van der Waals surface area contributed by atoms with Crippen molar-refractivity contribution in [2.75, 3.05) is 5.32 Å². The molecular weight excluding hydrogens is 224 g/mol. The Morgan fingerprint density at radius 1 is 1.38 bits per heavy atom. The highest BCUT2D eigenvalue weighted by Crippen LogP contribution is 2.22. The molecule has 0 aliphatic rings. The van der Waals surface area contributed by atoms with E-state index in [0.717, 1.165) is 17.0 Å². The molecule has 0 radical (unpaired) electrons. The van der Waals surface area contributed by atoms with Gasteiger partial charge in [-0.2, -0.15) is 0 Å². The van der Waals surface area contributed by atoms with Crippen LogP contribution < -0.4 is 5.32 Å². The first kappa shape index (κ1) is 10.6. The van der Waals surface area contributed by atoms with Gasteiger partial charge in [0.1, 0.15) is 4.88 Å². The number of thiazole rings is 1. The minimum atomic E-state index is -0.950. The highest BCUT2D eigenvalue weighted by molar-refractivity contribution is 7.17. The number of nitrogens with zero attached hydrogens (tertiary/aromatic N) is 1. The van der Waals surface area contributed by atoms with Crippen LogP contribution >= 0.6 is 11.3 Å². The maximum absolute atomic E-state index is 10.7. The van der Waals surface area contributed by atoms with Crippen LogP contribution in [-0.4, -0.2) is 16.1 Å². The number of carboxylic acids is 1. The van der Waals surface area contributed by atoms with Gasteiger partial charge in [-0.3, -0.25) is 0 Å². The molecule has 0 atom stereocenters. The predicted octanol–water partition coefficient (Wildman–Crippen LogP) is 2.89. The SMILES string of the molecule is Cc1ccc(Nc2ncc(C(=O)O)s2)cc1. The molecule has 0 aliphatic carbocycles. The predicted molar refractivity (Wildman–Crippen MR) is 63.5 cm³/mol. The molecule has 0 spiro atoms. The minimum absolute atomic E-state index is 0.231. The van der Waals surface area contributed by atoms with E-state index in [1.807, 2.05) is 31.2 Å². The number of nitrogens with one attached hydrogen (secondary N) is 1. The standard InChI is InChI=1S/C11H10N2O2S/c1-7-2-4-8(5-3-7)13-11-12-6-9(16-11)10(14)15/h2-6H,1H3,(H,12,13)(H,14,15). The van der Waals surface area contributed by atoms with Gasteiger partial charge in [0.25, 0.3) is 0 Å². The summed E-state index contributed by atoms with van der Waals surface area (Å²) in [6.45, 7) is 2.01. The fourth-order valence-corrected chi connectivity index (χ4v) is 1.87. The van der Waals surface area contributed by atoms with Crippen molar-refractivity contribution in [1.29, 1.82) is 0 Å². The summed E-state index contributed by atoms with van der Waals surface area (Å²) in [5.74, 6) is -0.950. The lowest BCUT2D eigenvalue weighted by Crippen LogP contribution is -1.90. The third kappa shape index (κ3) is 2.38. The molecule has 0 saturated carbocycles. The fourth-order valence-electron chi connectivity index (χ4n) is 1.19. The molecule has 2 aromatic rings. The molecule has 1 heterocycles.